The average molecular weight is 202 g/mol. The average Bonchev–Trinajstić information content (AvgIpc) is 2.11. The van der Waals surface area contributed by atoms with Gasteiger partial charge in [-0.15, -0.1) is 0 Å². The summed E-state index contributed by atoms with van der Waals surface area (Å²) in [7, 11) is 1.58. The molecule has 0 fully saturated rings. The first-order valence-corrected chi connectivity index (χ1v) is 4.22. The minimum absolute atomic E-state index is 0.287. The second kappa shape index (κ2) is 4.46. The van der Waals surface area contributed by atoms with Crippen molar-refractivity contribution in [1.29, 1.82) is 0 Å². The van der Waals surface area contributed by atoms with Gasteiger partial charge < -0.3 is 4.74 Å². The monoisotopic (exact) mass is 201 g/mol. The van der Waals surface area contributed by atoms with Gasteiger partial charge >= 0.3 is 0 Å². The van der Waals surface area contributed by atoms with Gasteiger partial charge in [-0.25, -0.2) is 5.90 Å². The molecular weight excluding hydrogens is 190 g/mol. The maximum absolute atomic E-state index is 6.03. The zero-order chi connectivity index (χ0) is 9.84. The molecule has 0 aliphatic rings. The van der Waals surface area contributed by atoms with Crippen LogP contribution in [0.1, 0.15) is 11.1 Å². The summed E-state index contributed by atoms with van der Waals surface area (Å²) >= 11 is 6.03. The fourth-order valence-electron chi connectivity index (χ4n) is 1.15. The zero-order valence-corrected chi connectivity index (χ0v) is 8.39. The number of methoxy groups -OCH3 is 1. The number of nitrogens with two attached hydrogens (primary N) is 1. The summed E-state index contributed by atoms with van der Waals surface area (Å²) in [6.07, 6.45) is 0. The quantitative estimate of drug-likeness (QED) is 0.762. The van der Waals surface area contributed by atoms with E-state index in [0.29, 0.717) is 10.8 Å². The van der Waals surface area contributed by atoms with E-state index >= 15 is 0 Å². The Kier molecular flexibility index (Phi) is 3.54. The van der Waals surface area contributed by atoms with Crippen molar-refractivity contribution in [3.63, 3.8) is 0 Å². The van der Waals surface area contributed by atoms with Gasteiger partial charge in [0, 0.05) is 5.56 Å². The molecule has 0 bridgehead atoms. The molecule has 1 aromatic carbocycles. The van der Waals surface area contributed by atoms with E-state index in [0.717, 1.165) is 11.1 Å². The Hall–Kier alpha value is -0.770. The van der Waals surface area contributed by atoms with Crippen molar-refractivity contribution < 1.29 is 9.57 Å². The predicted octanol–water partition coefficient (Wildman–Crippen LogP) is 2.05. The van der Waals surface area contributed by atoms with Crippen molar-refractivity contribution in [3.05, 3.63) is 28.3 Å². The molecule has 13 heavy (non-hydrogen) atoms. The van der Waals surface area contributed by atoms with Crippen LogP contribution in [0.3, 0.4) is 0 Å². The zero-order valence-electron chi connectivity index (χ0n) is 7.63. The van der Waals surface area contributed by atoms with Crippen LogP contribution in [-0.4, -0.2) is 7.11 Å². The highest BCUT2D eigenvalue weighted by Crippen LogP contribution is 2.31. The fourth-order valence-corrected chi connectivity index (χ4v) is 1.49. The van der Waals surface area contributed by atoms with Gasteiger partial charge in [-0.05, 0) is 12.5 Å². The Balaban J connectivity index is 3.11. The van der Waals surface area contributed by atoms with Crippen molar-refractivity contribution in [1.82, 2.24) is 0 Å². The maximum Gasteiger partial charge on any atom is 0.140 e. The lowest BCUT2D eigenvalue weighted by molar-refractivity contribution is 0.124. The molecule has 0 atom stereocenters. The van der Waals surface area contributed by atoms with Crippen LogP contribution in [-0.2, 0) is 11.4 Å². The van der Waals surface area contributed by atoms with E-state index in [-0.39, 0.29) is 6.61 Å². The number of aryl methyl sites for hydroxylation is 1. The lowest BCUT2D eigenvalue weighted by Gasteiger charge is -2.10. The molecule has 0 saturated carbocycles. The number of hydrogen-bond donors (Lipinski definition) is 1. The largest absolute Gasteiger partial charge is 0.495 e. The number of rotatable bonds is 3. The van der Waals surface area contributed by atoms with Gasteiger partial charge in [-0.1, -0.05) is 23.7 Å². The molecule has 1 aromatic rings. The number of benzene rings is 1. The van der Waals surface area contributed by atoms with Crippen LogP contribution < -0.4 is 10.6 Å². The van der Waals surface area contributed by atoms with Crippen molar-refractivity contribution in [3.8, 4) is 5.75 Å². The first-order valence-electron chi connectivity index (χ1n) is 3.84. The Bertz CT molecular complexity index is 302. The highest BCUT2D eigenvalue weighted by Gasteiger charge is 2.09. The molecule has 0 spiro atoms. The number of hydrogen-bond acceptors (Lipinski definition) is 3. The Labute approximate surface area is 82.4 Å². The second-order valence-corrected chi connectivity index (χ2v) is 3.08. The van der Waals surface area contributed by atoms with Crippen LogP contribution in [0.2, 0.25) is 5.02 Å². The van der Waals surface area contributed by atoms with Crippen LogP contribution in [0.5, 0.6) is 5.75 Å². The normalized spacial score (nSPS) is 10.2. The highest BCUT2D eigenvalue weighted by atomic mass is 35.5. The standard InChI is InChI=1S/C9H12ClNO2/c1-6-3-4-7(5-13-11)8(10)9(6)12-2/h3-4H,5,11H2,1-2H3. The molecular formula is C9H12ClNO2. The molecule has 3 nitrogen and oxygen atoms in total. The summed E-state index contributed by atoms with van der Waals surface area (Å²) in [6.45, 7) is 2.22. The molecule has 4 heteroatoms. The molecule has 0 unspecified atom stereocenters. The van der Waals surface area contributed by atoms with Gasteiger partial charge in [-0.2, -0.15) is 0 Å². The summed E-state index contributed by atoms with van der Waals surface area (Å²) < 4.78 is 5.13. The molecule has 0 aliphatic heterocycles. The van der Waals surface area contributed by atoms with Crippen LogP contribution in [0.4, 0.5) is 0 Å². The maximum atomic E-state index is 6.03. The molecule has 2 N–H and O–H groups in total. The molecule has 0 heterocycles. The smallest absolute Gasteiger partial charge is 0.140 e. The Morgan fingerprint density at radius 2 is 2.15 bits per heavy atom. The van der Waals surface area contributed by atoms with Crippen molar-refractivity contribution in [2.75, 3.05) is 7.11 Å². The summed E-state index contributed by atoms with van der Waals surface area (Å²) in [5.41, 5.74) is 1.82. The van der Waals surface area contributed by atoms with E-state index in [1.165, 1.54) is 0 Å². The van der Waals surface area contributed by atoms with Crippen molar-refractivity contribution in [2.45, 2.75) is 13.5 Å². The van der Waals surface area contributed by atoms with Gasteiger partial charge in [0.25, 0.3) is 0 Å². The van der Waals surface area contributed by atoms with Crippen LogP contribution >= 0.6 is 11.6 Å². The van der Waals surface area contributed by atoms with Gasteiger partial charge in [0.05, 0.1) is 18.7 Å². The molecule has 0 radical (unpaired) electrons. The molecule has 0 saturated heterocycles. The highest BCUT2D eigenvalue weighted by molar-refractivity contribution is 6.33. The summed E-state index contributed by atoms with van der Waals surface area (Å²) in [4.78, 5) is 4.51. The first kappa shape index (κ1) is 10.3. The van der Waals surface area contributed by atoms with E-state index in [4.69, 9.17) is 22.2 Å². The third kappa shape index (κ3) is 2.12. The SMILES string of the molecule is COc1c(C)ccc(CON)c1Cl. The third-order valence-electron chi connectivity index (χ3n) is 1.82. The van der Waals surface area contributed by atoms with Gasteiger partial charge in [-0.3, -0.25) is 4.84 Å². The van der Waals surface area contributed by atoms with Crippen molar-refractivity contribution in [2.24, 2.45) is 5.90 Å². The summed E-state index contributed by atoms with van der Waals surface area (Å²) in [5.74, 6) is 5.64. The molecule has 0 aliphatic carbocycles. The molecule has 72 valence electrons. The Morgan fingerprint density at radius 1 is 1.46 bits per heavy atom. The third-order valence-corrected chi connectivity index (χ3v) is 2.23. The van der Waals surface area contributed by atoms with E-state index < -0.39 is 0 Å². The molecule has 0 aromatic heterocycles. The van der Waals surface area contributed by atoms with E-state index in [1.807, 2.05) is 19.1 Å². The lowest BCUT2D eigenvalue weighted by atomic mass is 10.1. The van der Waals surface area contributed by atoms with E-state index in [2.05, 4.69) is 4.84 Å². The molecule has 0 amide bonds. The number of ether oxygens (including phenoxy) is 1. The van der Waals surface area contributed by atoms with Crippen molar-refractivity contribution >= 4 is 11.6 Å². The minimum Gasteiger partial charge on any atom is -0.495 e. The lowest BCUT2D eigenvalue weighted by Crippen LogP contribution is -2.01. The number of halogens is 1. The fraction of sp³-hybridized carbons (Fsp3) is 0.333. The van der Waals surface area contributed by atoms with Gasteiger partial charge in [0.1, 0.15) is 5.75 Å². The van der Waals surface area contributed by atoms with Crippen LogP contribution in [0.15, 0.2) is 12.1 Å². The van der Waals surface area contributed by atoms with E-state index in [1.54, 1.807) is 7.11 Å². The topological polar surface area (TPSA) is 44.5 Å². The summed E-state index contributed by atoms with van der Waals surface area (Å²) in [6, 6.07) is 3.78. The molecule has 1 rings (SSSR count). The summed E-state index contributed by atoms with van der Waals surface area (Å²) in [5, 5.41) is 0.563. The van der Waals surface area contributed by atoms with Crippen LogP contribution in [0.25, 0.3) is 0 Å². The predicted molar refractivity (Wildman–Crippen MR) is 51.7 cm³/mol. The minimum atomic E-state index is 0.287. The van der Waals surface area contributed by atoms with Crippen LogP contribution in [0, 0.1) is 6.92 Å². The Morgan fingerprint density at radius 3 is 2.69 bits per heavy atom. The van der Waals surface area contributed by atoms with Gasteiger partial charge in [0.2, 0.25) is 0 Å². The first-order chi connectivity index (χ1) is 6.20. The van der Waals surface area contributed by atoms with E-state index in [9.17, 15) is 0 Å². The second-order valence-electron chi connectivity index (χ2n) is 2.70. The van der Waals surface area contributed by atoms with Gasteiger partial charge in [0.15, 0.2) is 0 Å².